The highest BCUT2D eigenvalue weighted by Crippen LogP contribution is 2.06. The molecule has 0 aliphatic rings. The summed E-state index contributed by atoms with van der Waals surface area (Å²) < 4.78 is 0. The number of benzene rings is 1. The first-order valence-electron chi connectivity index (χ1n) is 6.00. The van der Waals surface area contributed by atoms with E-state index >= 15 is 0 Å². The largest absolute Gasteiger partial charge is 0.352 e. The predicted octanol–water partition coefficient (Wildman–Crippen LogP) is 1.66. The summed E-state index contributed by atoms with van der Waals surface area (Å²) in [6.07, 6.45) is 0. The monoisotopic (exact) mass is 248 g/mol. The lowest BCUT2D eigenvalue weighted by atomic mass is 10.1. The van der Waals surface area contributed by atoms with E-state index in [0.717, 1.165) is 5.56 Å². The van der Waals surface area contributed by atoms with Gasteiger partial charge in [-0.2, -0.15) is 0 Å². The van der Waals surface area contributed by atoms with E-state index in [9.17, 15) is 9.59 Å². The van der Waals surface area contributed by atoms with E-state index in [4.69, 9.17) is 0 Å². The van der Waals surface area contributed by atoms with Gasteiger partial charge < -0.3 is 10.2 Å². The smallest absolute Gasteiger partial charge is 0.253 e. The summed E-state index contributed by atoms with van der Waals surface area (Å²) >= 11 is 0. The third kappa shape index (κ3) is 3.87. The van der Waals surface area contributed by atoms with E-state index in [1.165, 1.54) is 4.90 Å². The minimum Gasteiger partial charge on any atom is -0.352 e. The summed E-state index contributed by atoms with van der Waals surface area (Å²) in [5.41, 5.74) is 1.64. The third-order valence-corrected chi connectivity index (χ3v) is 2.60. The van der Waals surface area contributed by atoms with Crippen molar-refractivity contribution in [3.05, 3.63) is 35.4 Å². The summed E-state index contributed by atoms with van der Waals surface area (Å²) in [6.45, 7) is 4.20. The van der Waals surface area contributed by atoms with Crippen LogP contribution in [0.25, 0.3) is 0 Å². The zero-order chi connectivity index (χ0) is 13.7. The molecule has 18 heavy (non-hydrogen) atoms. The van der Waals surface area contributed by atoms with Gasteiger partial charge in [0.05, 0.1) is 0 Å². The molecule has 0 fully saturated rings. The molecule has 0 aromatic heterocycles. The zero-order valence-corrected chi connectivity index (χ0v) is 11.4. The third-order valence-electron chi connectivity index (χ3n) is 2.60. The second kappa shape index (κ2) is 6.19. The number of carbonyl (C=O) groups excluding carboxylic acids is 2. The van der Waals surface area contributed by atoms with Crippen molar-refractivity contribution < 1.29 is 9.59 Å². The molecule has 1 N–H and O–H groups in total. The van der Waals surface area contributed by atoms with Gasteiger partial charge in [-0.15, -0.1) is 0 Å². The van der Waals surface area contributed by atoms with Gasteiger partial charge in [-0.1, -0.05) is 26.0 Å². The highest BCUT2D eigenvalue weighted by molar-refractivity contribution is 5.93. The molecule has 0 saturated carbocycles. The van der Waals surface area contributed by atoms with Gasteiger partial charge in [-0.3, -0.25) is 9.59 Å². The summed E-state index contributed by atoms with van der Waals surface area (Å²) in [5, 5.41) is 2.84. The average Bonchev–Trinajstić information content (AvgIpc) is 2.35. The summed E-state index contributed by atoms with van der Waals surface area (Å²) in [5.74, 6) is -0.00389. The van der Waals surface area contributed by atoms with Crippen molar-refractivity contribution in [3.63, 3.8) is 0 Å². The lowest BCUT2D eigenvalue weighted by Gasteiger charge is -2.11. The number of carbonyl (C=O) groups is 2. The Bertz CT molecular complexity index is 422. The maximum absolute atomic E-state index is 11.7. The van der Waals surface area contributed by atoms with Crippen molar-refractivity contribution in [1.29, 1.82) is 0 Å². The molecule has 0 heterocycles. The molecule has 0 aliphatic heterocycles. The Hall–Kier alpha value is -1.84. The minimum absolute atomic E-state index is 0.0143. The van der Waals surface area contributed by atoms with Crippen LogP contribution < -0.4 is 5.32 Å². The SMILES string of the molecule is CC(C)C(=O)NCc1ccc(C(=O)N(C)C)cc1. The van der Waals surface area contributed by atoms with Gasteiger partial charge in [0.2, 0.25) is 5.91 Å². The van der Waals surface area contributed by atoms with Crippen molar-refractivity contribution in [3.8, 4) is 0 Å². The van der Waals surface area contributed by atoms with E-state index in [1.807, 2.05) is 26.0 Å². The van der Waals surface area contributed by atoms with Crippen LogP contribution in [0.5, 0.6) is 0 Å². The summed E-state index contributed by atoms with van der Waals surface area (Å²) in [4.78, 5) is 24.6. The molecule has 0 spiro atoms. The van der Waals surface area contributed by atoms with Gasteiger partial charge >= 0.3 is 0 Å². The molecule has 0 radical (unpaired) electrons. The normalized spacial score (nSPS) is 10.3. The van der Waals surface area contributed by atoms with E-state index in [2.05, 4.69) is 5.32 Å². The predicted molar refractivity (Wildman–Crippen MR) is 71.1 cm³/mol. The molecule has 1 rings (SSSR count). The van der Waals surface area contributed by atoms with Gasteiger partial charge in [0.25, 0.3) is 5.91 Å². The van der Waals surface area contributed by atoms with Crippen LogP contribution >= 0.6 is 0 Å². The van der Waals surface area contributed by atoms with Crippen LogP contribution in [0.2, 0.25) is 0 Å². The Kier molecular flexibility index (Phi) is 4.89. The fourth-order valence-electron chi connectivity index (χ4n) is 1.42. The Labute approximate surface area is 108 Å². The van der Waals surface area contributed by atoms with Crippen molar-refractivity contribution in [2.45, 2.75) is 20.4 Å². The molecule has 0 aliphatic carbocycles. The van der Waals surface area contributed by atoms with Gasteiger partial charge in [0.15, 0.2) is 0 Å². The van der Waals surface area contributed by atoms with E-state index in [-0.39, 0.29) is 17.7 Å². The highest BCUT2D eigenvalue weighted by Gasteiger charge is 2.08. The van der Waals surface area contributed by atoms with Crippen molar-refractivity contribution in [1.82, 2.24) is 10.2 Å². The molecule has 0 unspecified atom stereocenters. The number of amides is 2. The lowest BCUT2D eigenvalue weighted by molar-refractivity contribution is -0.124. The number of nitrogens with one attached hydrogen (secondary N) is 1. The maximum atomic E-state index is 11.7. The second-order valence-corrected chi connectivity index (χ2v) is 4.77. The lowest BCUT2D eigenvalue weighted by Crippen LogP contribution is -2.27. The van der Waals surface area contributed by atoms with E-state index < -0.39 is 0 Å². The molecule has 0 saturated heterocycles. The van der Waals surface area contributed by atoms with Crippen LogP contribution in [0, 0.1) is 5.92 Å². The van der Waals surface area contributed by atoms with Crippen LogP contribution in [0.4, 0.5) is 0 Å². The van der Waals surface area contributed by atoms with Crippen LogP contribution in [0.1, 0.15) is 29.8 Å². The molecule has 1 aromatic rings. The van der Waals surface area contributed by atoms with Crippen molar-refractivity contribution in [2.75, 3.05) is 14.1 Å². The van der Waals surface area contributed by atoms with Gasteiger partial charge in [-0.25, -0.2) is 0 Å². The first-order valence-corrected chi connectivity index (χ1v) is 6.00. The summed E-state index contributed by atoms with van der Waals surface area (Å²) in [6, 6.07) is 7.27. The minimum atomic E-state index is -0.0206. The molecular weight excluding hydrogens is 228 g/mol. The van der Waals surface area contributed by atoms with Crippen molar-refractivity contribution in [2.24, 2.45) is 5.92 Å². The molecule has 4 nitrogen and oxygen atoms in total. The van der Waals surface area contributed by atoms with Crippen LogP contribution in [-0.4, -0.2) is 30.8 Å². The quantitative estimate of drug-likeness (QED) is 0.881. The Balaban J connectivity index is 2.61. The number of hydrogen-bond acceptors (Lipinski definition) is 2. The van der Waals surface area contributed by atoms with E-state index in [1.54, 1.807) is 26.2 Å². The number of rotatable bonds is 4. The first-order chi connectivity index (χ1) is 8.41. The van der Waals surface area contributed by atoms with Crippen LogP contribution in [0.3, 0.4) is 0 Å². The van der Waals surface area contributed by atoms with Gasteiger partial charge in [0, 0.05) is 32.1 Å². The second-order valence-electron chi connectivity index (χ2n) is 4.77. The fourth-order valence-corrected chi connectivity index (χ4v) is 1.42. The number of nitrogens with zero attached hydrogens (tertiary/aromatic N) is 1. The highest BCUT2D eigenvalue weighted by atomic mass is 16.2. The molecule has 4 heteroatoms. The van der Waals surface area contributed by atoms with Crippen LogP contribution in [-0.2, 0) is 11.3 Å². The Morgan fingerprint density at radius 2 is 1.72 bits per heavy atom. The van der Waals surface area contributed by atoms with Gasteiger partial charge in [-0.05, 0) is 17.7 Å². The van der Waals surface area contributed by atoms with Gasteiger partial charge in [0.1, 0.15) is 0 Å². The molecule has 98 valence electrons. The van der Waals surface area contributed by atoms with Crippen molar-refractivity contribution >= 4 is 11.8 Å². The Morgan fingerprint density at radius 1 is 1.17 bits per heavy atom. The molecule has 0 bridgehead atoms. The molecule has 2 amide bonds. The number of hydrogen-bond donors (Lipinski definition) is 1. The fraction of sp³-hybridized carbons (Fsp3) is 0.429. The molecule has 1 aromatic carbocycles. The standard InChI is InChI=1S/C14H20N2O2/c1-10(2)13(17)15-9-11-5-7-12(8-6-11)14(18)16(3)4/h5-8,10H,9H2,1-4H3,(H,15,17). The maximum Gasteiger partial charge on any atom is 0.253 e. The molecule has 0 atom stereocenters. The first kappa shape index (κ1) is 14.2. The zero-order valence-electron chi connectivity index (χ0n) is 11.4. The average molecular weight is 248 g/mol. The van der Waals surface area contributed by atoms with Crippen LogP contribution in [0.15, 0.2) is 24.3 Å². The molecular formula is C14H20N2O2. The summed E-state index contributed by atoms with van der Waals surface area (Å²) in [7, 11) is 3.44. The van der Waals surface area contributed by atoms with E-state index in [0.29, 0.717) is 12.1 Å². The Morgan fingerprint density at radius 3 is 2.17 bits per heavy atom. The topological polar surface area (TPSA) is 49.4 Å².